The van der Waals surface area contributed by atoms with Gasteiger partial charge in [-0.3, -0.25) is 4.79 Å². The lowest BCUT2D eigenvalue weighted by Crippen LogP contribution is -3.10. The van der Waals surface area contributed by atoms with Gasteiger partial charge in [-0.2, -0.15) is 0 Å². The van der Waals surface area contributed by atoms with Crippen LogP contribution >= 0.6 is 0 Å². The summed E-state index contributed by atoms with van der Waals surface area (Å²) in [7, 11) is 0. The van der Waals surface area contributed by atoms with E-state index in [1.54, 1.807) is 0 Å². The minimum atomic E-state index is -0.302. The predicted molar refractivity (Wildman–Crippen MR) is 123 cm³/mol. The molecule has 0 saturated carbocycles. The van der Waals surface area contributed by atoms with Gasteiger partial charge >= 0.3 is 0 Å². The molecule has 1 aromatic heterocycles. The van der Waals surface area contributed by atoms with Gasteiger partial charge in [0.25, 0.3) is 0 Å². The van der Waals surface area contributed by atoms with Crippen molar-refractivity contribution in [1.82, 2.24) is 0 Å². The SMILES string of the molecule is CC[NH+](CC)Cc1c(O)c(C[NH+](CC)CC)c2oc(-c3ccccc3)cc(=O)c2c1O. The Morgan fingerprint density at radius 3 is 1.90 bits per heavy atom. The van der Waals surface area contributed by atoms with Crippen LogP contribution in [0.15, 0.2) is 45.6 Å². The molecule has 0 atom stereocenters. The van der Waals surface area contributed by atoms with E-state index in [9.17, 15) is 15.0 Å². The first kappa shape index (κ1) is 22.8. The molecule has 0 fully saturated rings. The van der Waals surface area contributed by atoms with E-state index in [2.05, 4.69) is 27.7 Å². The lowest BCUT2D eigenvalue weighted by molar-refractivity contribution is -0.910. The molecule has 0 aliphatic rings. The van der Waals surface area contributed by atoms with E-state index >= 15 is 0 Å². The van der Waals surface area contributed by atoms with Gasteiger partial charge in [0.2, 0.25) is 0 Å². The molecular weight excluding hydrogens is 392 g/mol. The Morgan fingerprint density at radius 1 is 0.806 bits per heavy atom. The van der Waals surface area contributed by atoms with Crippen molar-refractivity contribution < 1.29 is 24.4 Å². The summed E-state index contributed by atoms with van der Waals surface area (Å²) in [5.74, 6) is 0.297. The molecule has 0 radical (unpaired) electrons. The monoisotopic (exact) mass is 426 g/mol. The van der Waals surface area contributed by atoms with Gasteiger partial charge in [0.1, 0.15) is 35.7 Å². The summed E-state index contributed by atoms with van der Waals surface area (Å²) in [5.41, 5.74) is 1.76. The molecule has 31 heavy (non-hydrogen) atoms. The van der Waals surface area contributed by atoms with Crippen LogP contribution in [0.2, 0.25) is 0 Å². The minimum Gasteiger partial charge on any atom is -0.507 e. The van der Waals surface area contributed by atoms with Crippen molar-refractivity contribution in [2.75, 3.05) is 26.2 Å². The van der Waals surface area contributed by atoms with Crippen LogP contribution < -0.4 is 15.2 Å². The molecule has 0 spiro atoms. The molecule has 3 aromatic rings. The summed E-state index contributed by atoms with van der Waals surface area (Å²) in [6, 6.07) is 10.8. The van der Waals surface area contributed by atoms with E-state index in [4.69, 9.17) is 4.42 Å². The quantitative estimate of drug-likeness (QED) is 0.420. The molecule has 0 unspecified atom stereocenters. The third kappa shape index (κ3) is 4.60. The molecule has 0 amide bonds. The van der Waals surface area contributed by atoms with Crippen LogP contribution in [0.1, 0.15) is 38.8 Å². The predicted octanol–water partition coefficient (Wildman–Crippen LogP) is 1.72. The molecular formula is C25H34N2O4+2. The van der Waals surface area contributed by atoms with Crippen LogP contribution in [0.3, 0.4) is 0 Å². The van der Waals surface area contributed by atoms with Crippen LogP contribution in [-0.2, 0) is 13.1 Å². The van der Waals surface area contributed by atoms with Gasteiger partial charge < -0.3 is 24.4 Å². The van der Waals surface area contributed by atoms with Crippen molar-refractivity contribution in [2.45, 2.75) is 40.8 Å². The first-order chi connectivity index (χ1) is 14.9. The van der Waals surface area contributed by atoms with Crippen LogP contribution in [0.25, 0.3) is 22.3 Å². The van der Waals surface area contributed by atoms with Gasteiger partial charge in [0, 0.05) is 11.6 Å². The second-order valence-corrected chi connectivity index (χ2v) is 7.97. The highest BCUT2D eigenvalue weighted by Gasteiger charge is 2.27. The molecule has 0 bridgehead atoms. The van der Waals surface area contributed by atoms with Gasteiger partial charge in [0.05, 0.1) is 37.3 Å². The van der Waals surface area contributed by atoms with Crippen molar-refractivity contribution >= 4 is 11.0 Å². The third-order valence-electron chi connectivity index (χ3n) is 6.23. The zero-order chi connectivity index (χ0) is 22.5. The van der Waals surface area contributed by atoms with Crippen LogP contribution in [0, 0.1) is 0 Å². The van der Waals surface area contributed by atoms with E-state index in [-0.39, 0.29) is 27.9 Å². The molecule has 4 N–H and O–H groups in total. The number of fused-ring (bicyclic) bond motifs is 1. The number of hydrogen-bond acceptors (Lipinski definition) is 4. The zero-order valence-corrected chi connectivity index (χ0v) is 18.9. The maximum Gasteiger partial charge on any atom is 0.197 e. The standard InChI is InChI=1S/C25H32N2O4/c1-5-26(6-2)15-18-23(29)19(16-27(7-3)8-4)25-22(24(18)30)20(28)14-21(31-25)17-12-10-9-11-13-17/h9-14,29-30H,5-8,15-16H2,1-4H3/p+2. The Hall–Kier alpha value is -2.83. The topological polar surface area (TPSA) is 79.5 Å². The smallest absolute Gasteiger partial charge is 0.197 e. The van der Waals surface area contributed by atoms with Crippen molar-refractivity contribution in [3.8, 4) is 22.8 Å². The second kappa shape index (κ2) is 9.98. The maximum absolute atomic E-state index is 13.1. The molecule has 166 valence electrons. The van der Waals surface area contributed by atoms with Crippen molar-refractivity contribution in [3.05, 3.63) is 57.7 Å². The van der Waals surface area contributed by atoms with E-state index < -0.39 is 0 Å². The Labute approximate surface area is 183 Å². The fraction of sp³-hybridized carbons (Fsp3) is 0.400. The fourth-order valence-electron chi connectivity index (χ4n) is 4.06. The third-order valence-corrected chi connectivity index (χ3v) is 6.23. The number of phenolic OH excluding ortho intramolecular Hbond substituents is 2. The number of nitrogens with one attached hydrogen (secondary N) is 2. The Kier molecular flexibility index (Phi) is 7.36. The average Bonchev–Trinajstić information content (AvgIpc) is 2.79. The summed E-state index contributed by atoms with van der Waals surface area (Å²) in [6.45, 7) is 12.7. The van der Waals surface area contributed by atoms with Gasteiger partial charge in [-0.15, -0.1) is 0 Å². The van der Waals surface area contributed by atoms with Gasteiger partial charge in [-0.25, -0.2) is 0 Å². The molecule has 6 nitrogen and oxygen atoms in total. The molecule has 0 aliphatic heterocycles. The molecule has 2 aromatic carbocycles. The number of rotatable bonds is 9. The molecule has 6 heteroatoms. The number of hydrogen-bond donors (Lipinski definition) is 4. The van der Waals surface area contributed by atoms with Crippen LogP contribution in [0.4, 0.5) is 0 Å². The highest BCUT2D eigenvalue weighted by molar-refractivity contribution is 5.91. The lowest BCUT2D eigenvalue weighted by atomic mass is 10.00. The number of phenols is 2. The maximum atomic E-state index is 13.1. The molecule has 0 saturated heterocycles. The van der Waals surface area contributed by atoms with E-state index in [1.807, 2.05) is 30.3 Å². The summed E-state index contributed by atoms with van der Waals surface area (Å²) >= 11 is 0. The molecule has 0 aliphatic carbocycles. The number of quaternary nitrogens is 2. The van der Waals surface area contributed by atoms with Crippen LogP contribution in [0.5, 0.6) is 11.5 Å². The average molecular weight is 427 g/mol. The summed E-state index contributed by atoms with van der Waals surface area (Å²) in [6.07, 6.45) is 0. The fourth-order valence-corrected chi connectivity index (χ4v) is 4.06. The second-order valence-electron chi connectivity index (χ2n) is 7.97. The number of benzene rings is 2. The molecule has 1 heterocycles. The van der Waals surface area contributed by atoms with Crippen molar-refractivity contribution in [3.63, 3.8) is 0 Å². The van der Waals surface area contributed by atoms with Crippen LogP contribution in [-0.4, -0.2) is 36.4 Å². The largest absolute Gasteiger partial charge is 0.507 e. The highest BCUT2D eigenvalue weighted by Crippen LogP contribution is 2.39. The summed E-state index contributed by atoms with van der Waals surface area (Å²) in [4.78, 5) is 15.6. The lowest BCUT2D eigenvalue weighted by Gasteiger charge is -2.21. The zero-order valence-electron chi connectivity index (χ0n) is 18.9. The summed E-state index contributed by atoms with van der Waals surface area (Å²) in [5, 5.41) is 22.4. The Balaban J connectivity index is 2.32. The van der Waals surface area contributed by atoms with Crippen molar-refractivity contribution in [1.29, 1.82) is 0 Å². The first-order valence-electron chi connectivity index (χ1n) is 11.2. The normalized spacial score (nSPS) is 11.7. The summed E-state index contributed by atoms with van der Waals surface area (Å²) < 4.78 is 6.18. The highest BCUT2D eigenvalue weighted by atomic mass is 16.3. The van der Waals surface area contributed by atoms with Gasteiger partial charge in [-0.05, 0) is 27.7 Å². The van der Waals surface area contributed by atoms with E-state index in [0.29, 0.717) is 30.0 Å². The van der Waals surface area contributed by atoms with Gasteiger partial charge in [-0.1, -0.05) is 30.3 Å². The Morgan fingerprint density at radius 2 is 1.35 bits per heavy atom. The number of aromatic hydroxyl groups is 2. The Bertz CT molecular complexity index is 1080. The minimum absolute atomic E-state index is 0.0390. The van der Waals surface area contributed by atoms with E-state index in [1.165, 1.54) is 15.9 Å². The molecule has 3 rings (SSSR count). The van der Waals surface area contributed by atoms with Crippen molar-refractivity contribution in [2.24, 2.45) is 0 Å². The van der Waals surface area contributed by atoms with Gasteiger partial charge in [0.15, 0.2) is 11.0 Å². The van der Waals surface area contributed by atoms with E-state index in [0.717, 1.165) is 31.7 Å². The first-order valence-corrected chi connectivity index (χ1v) is 11.2.